The van der Waals surface area contributed by atoms with Crippen LogP contribution in [0.4, 0.5) is 0 Å². The third-order valence-corrected chi connectivity index (χ3v) is 6.28. The third-order valence-electron chi connectivity index (χ3n) is 6.28. The highest BCUT2D eigenvalue weighted by Gasteiger charge is 2.27. The van der Waals surface area contributed by atoms with E-state index in [0.717, 1.165) is 60.1 Å². The Hall–Kier alpha value is -2.67. The number of nitrogens with zero attached hydrogens (tertiary/aromatic N) is 5. The fourth-order valence-electron chi connectivity index (χ4n) is 4.21. The van der Waals surface area contributed by atoms with E-state index in [0.29, 0.717) is 18.0 Å². The van der Waals surface area contributed by atoms with Gasteiger partial charge in [-0.1, -0.05) is 20.8 Å². The molecule has 7 heteroatoms. The van der Waals surface area contributed by atoms with Crippen LogP contribution in [-0.2, 0) is 0 Å². The number of hydrogen-bond acceptors (Lipinski definition) is 5. The molecule has 1 saturated carbocycles. The average Bonchev–Trinajstić information content (AvgIpc) is 3.40. The second kappa shape index (κ2) is 9.00. The molecule has 3 aromatic heterocycles. The van der Waals surface area contributed by atoms with Crippen LogP contribution in [0, 0.1) is 5.92 Å². The van der Waals surface area contributed by atoms with Gasteiger partial charge in [0.15, 0.2) is 0 Å². The lowest BCUT2D eigenvalue weighted by molar-refractivity contribution is 0.133. The van der Waals surface area contributed by atoms with Crippen molar-refractivity contribution in [3.05, 3.63) is 42.7 Å². The molecular formula is C23H32N6O. The number of aromatic nitrogens is 5. The van der Waals surface area contributed by atoms with Gasteiger partial charge in [0.05, 0.1) is 41.5 Å². The Morgan fingerprint density at radius 3 is 2.73 bits per heavy atom. The smallest absolute Gasteiger partial charge is 0.0999 e. The molecule has 3 heterocycles. The minimum absolute atomic E-state index is 0.286. The zero-order chi connectivity index (χ0) is 21.1. The molecule has 1 aliphatic carbocycles. The molecule has 0 radical (unpaired) electrons. The van der Waals surface area contributed by atoms with Crippen LogP contribution >= 0.6 is 0 Å². The van der Waals surface area contributed by atoms with Crippen LogP contribution in [0.1, 0.15) is 64.6 Å². The van der Waals surface area contributed by atoms with Crippen LogP contribution in [0.3, 0.4) is 0 Å². The minimum Gasteiger partial charge on any atom is -0.396 e. The molecule has 0 spiro atoms. The summed E-state index contributed by atoms with van der Waals surface area (Å²) in [4.78, 5) is 5.03. The van der Waals surface area contributed by atoms with E-state index in [1.54, 1.807) is 0 Å². The molecule has 160 valence electrons. The SMILES string of the molecule is CC/C(=C\NC1CC(CO)C1)c1cn2nccc2c(-c2cnn(C(CC)CC)c2)n1. The summed E-state index contributed by atoms with van der Waals surface area (Å²) in [7, 11) is 0. The van der Waals surface area contributed by atoms with Crippen LogP contribution in [0.2, 0.25) is 0 Å². The first-order valence-electron chi connectivity index (χ1n) is 11.1. The number of fused-ring (bicyclic) bond motifs is 1. The van der Waals surface area contributed by atoms with Gasteiger partial charge < -0.3 is 10.4 Å². The van der Waals surface area contributed by atoms with Crippen molar-refractivity contribution in [2.45, 2.75) is 65.0 Å². The first-order chi connectivity index (χ1) is 14.7. The Bertz CT molecular complexity index is 1010. The summed E-state index contributed by atoms with van der Waals surface area (Å²) in [5.74, 6) is 0.442. The predicted molar refractivity (Wildman–Crippen MR) is 119 cm³/mol. The van der Waals surface area contributed by atoms with Crippen molar-refractivity contribution >= 4 is 11.1 Å². The molecule has 7 nitrogen and oxygen atoms in total. The lowest BCUT2D eigenvalue weighted by Crippen LogP contribution is -2.40. The topological polar surface area (TPSA) is 80.3 Å². The average molecular weight is 409 g/mol. The van der Waals surface area contributed by atoms with Crippen LogP contribution in [0.25, 0.3) is 22.3 Å². The molecule has 30 heavy (non-hydrogen) atoms. The maximum absolute atomic E-state index is 9.22. The molecule has 1 aliphatic rings. The van der Waals surface area contributed by atoms with Crippen LogP contribution < -0.4 is 5.32 Å². The van der Waals surface area contributed by atoms with Gasteiger partial charge in [0.25, 0.3) is 0 Å². The van der Waals surface area contributed by atoms with Crippen LogP contribution in [0.15, 0.2) is 37.1 Å². The van der Waals surface area contributed by atoms with Gasteiger partial charge in [-0.3, -0.25) is 4.68 Å². The summed E-state index contributed by atoms with van der Waals surface area (Å²) in [5.41, 5.74) is 4.97. The lowest BCUT2D eigenvalue weighted by Gasteiger charge is -2.34. The molecule has 0 aliphatic heterocycles. The number of nitrogens with one attached hydrogen (secondary N) is 1. The first-order valence-corrected chi connectivity index (χ1v) is 11.1. The van der Waals surface area contributed by atoms with E-state index in [4.69, 9.17) is 4.98 Å². The molecular weight excluding hydrogens is 376 g/mol. The van der Waals surface area contributed by atoms with Gasteiger partial charge in [-0.15, -0.1) is 0 Å². The maximum atomic E-state index is 9.22. The third kappa shape index (κ3) is 3.99. The summed E-state index contributed by atoms with van der Waals surface area (Å²) in [5, 5.41) is 21.8. The number of hydrogen-bond donors (Lipinski definition) is 2. The van der Waals surface area contributed by atoms with Crippen molar-refractivity contribution in [1.82, 2.24) is 29.7 Å². The summed E-state index contributed by atoms with van der Waals surface area (Å²) in [6.45, 7) is 6.82. The Kier molecular flexibility index (Phi) is 6.18. The van der Waals surface area contributed by atoms with Crippen molar-refractivity contribution < 1.29 is 5.11 Å². The summed E-state index contributed by atoms with van der Waals surface area (Å²) in [6, 6.07) is 2.84. The molecule has 3 aromatic rings. The quantitative estimate of drug-likeness (QED) is 0.558. The summed E-state index contributed by atoms with van der Waals surface area (Å²) >= 11 is 0. The standard InChI is InChI=1S/C23H32N6O/c1-4-17(11-24-19-9-16(10-19)15-30)21-14-29-22(7-8-25-29)23(27-21)18-12-26-28(13-18)20(5-2)6-3/h7-8,11-14,16,19-20,24,30H,4-6,9-10,15H2,1-3H3/b17-11+. The predicted octanol–water partition coefficient (Wildman–Crippen LogP) is 4.07. The van der Waals surface area contributed by atoms with Crippen molar-refractivity contribution in [3.63, 3.8) is 0 Å². The number of aliphatic hydroxyl groups is 1. The molecule has 0 unspecified atom stereocenters. The maximum Gasteiger partial charge on any atom is 0.0999 e. The zero-order valence-corrected chi connectivity index (χ0v) is 18.1. The molecule has 0 atom stereocenters. The molecule has 1 fully saturated rings. The fraction of sp³-hybridized carbons (Fsp3) is 0.522. The Balaban J connectivity index is 1.65. The Morgan fingerprint density at radius 1 is 1.23 bits per heavy atom. The first kappa shape index (κ1) is 20.6. The second-order valence-corrected chi connectivity index (χ2v) is 8.22. The van der Waals surface area contributed by atoms with E-state index < -0.39 is 0 Å². The molecule has 0 saturated heterocycles. The van der Waals surface area contributed by atoms with Crippen molar-refractivity contribution in [1.29, 1.82) is 0 Å². The van der Waals surface area contributed by atoms with E-state index in [2.05, 4.69) is 53.4 Å². The van der Waals surface area contributed by atoms with Gasteiger partial charge in [0.1, 0.15) is 0 Å². The van der Waals surface area contributed by atoms with Crippen LogP contribution in [0.5, 0.6) is 0 Å². The number of aliphatic hydroxyl groups excluding tert-OH is 1. The largest absolute Gasteiger partial charge is 0.396 e. The molecule has 4 rings (SSSR count). The Labute approximate surface area is 177 Å². The van der Waals surface area contributed by atoms with Gasteiger partial charge in [0, 0.05) is 30.6 Å². The fourth-order valence-corrected chi connectivity index (χ4v) is 4.21. The van der Waals surface area contributed by atoms with Crippen LogP contribution in [-0.4, -0.2) is 42.1 Å². The summed E-state index contributed by atoms with van der Waals surface area (Å²) < 4.78 is 3.96. The van der Waals surface area contributed by atoms with Gasteiger partial charge in [0.2, 0.25) is 0 Å². The molecule has 0 aromatic carbocycles. The van der Waals surface area contributed by atoms with Gasteiger partial charge in [-0.05, 0) is 49.7 Å². The van der Waals surface area contributed by atoms with Gasteiger partial charge in [-0.2, -0.15) is 10.2 Å². The van der Waals surface area contributed by atoms with Crippen molar-refractivity contribution in [3.8, 4) is 11.3 Å². The second-order valence-electron chi connectivity index (χ2n) is 8.22. The summed E-state index contributed by atoms with van der Waals surface area (Å²) in [6.07, 6.45) is 14.9. The number of rotatable bonds is 9. The molecule has 0 amide bonds. The van der Waals surface area contributed by atoms with Crippen molar-refractivity contribution in [2.75, 3.05) is 6.61 Å². The van der Waals surface area contributed by atoms with Gasteiger partial charge in [-0.25, -0.2) is 9.50 Å². The van der Waals surface area contributed by atoms with E-state index in [1.165, 1.54) is 0 Å². The van der Waals surface area contributed by atoms with Crippen molar-refractivity contribution in [2.24, 2.45) is 5.92 Å². The van der Waals surface area contributed by atoms with E-state index in [9.17, 15) is 5.11 Å². The highest BCUT2D eigenvalue weighted by Crippen LogP contribution is 2.29. The Morgan fingerprint density at radius 2 is 2.03 bits per heavy atom. The normalized spacial score (nSPS) is 19.4. The minimum atomic E-state index is 0.286. The highest BCUT2D eigenvalue weighted by molar-refractivity contribution is 5.78. The molecule has 2 N–H and O–H groups in total. The van der Waals surface area contributed by atoms with E-state index >= 15 is 0 Å². The van der Waals surface area contributed by atoms with Gasteiger partial charge >= 0.3 is 0 Å². The number of allylic oxidation sites excluding steroid dienone is 1. The lowest BCUT2D eigenvalue weighted by atomic mass is 9.81. The highest BCUT2D eigenvalue weighted by atomic mass is 16.3. The molecule has 0 bridgehead atoms. The van der Waals surface area contributed by atoms with E-state index in [1.807, 2.05) is 29.2 Å². The monoisotopic (exact) mass is 408 g/mol. The zero-order valence-electron chi connectivity index (χ0n) is 18.1. The van der Waals surface area contributed by atoms with E-state index in [-0.39, 0.29) is 6.61 Å².